The molecule has 1 aliphatic rings. The second-order valence-electron chi connectivity index (χ2n) is 9.31. The number of carbonyl (C=O) groups is 2. The third-order valence-corrected chi connectivity index (χ3v) is 6.79. The first-order valence-corrected chi connectivity index (χ1v) is 12.1. The molecule has 0 radical (unpaired) electrons. The number of piperidine rings is 1. The third kappa shape index (κ3) is 5.11. The van der Waals surface area contributed by atoms with Crippen LogP contribution in [0.3, 0.4) is 0 Å². The fourth-order valence-corrected chi connectivity index (χ4v) is 4.68. The fourth-order valence-electron chi connectivity index (χ4n) is 4.68. The van der Waals surface area contributed by atoms with E-state index in [1.54, 1.807) is 4.90 Å². The summed E-state index contributed by atoms with van der Waals surface area (Å²) < 4.78 is 46.0. The van der Waals surface area contributed by atoms with Crippen LogP contribution in [0.25, 0.3) is 22.3 Å². The molecular formula is C26H25F3N6O3. The molecule has 1 saturated heterocycles. The zero-order valence-corrected chi connectivity index (χ0v) is 20.7. The van der Waals surface area contributed by atoms with Crippen LogP contribution in [0.5, 0.6) is 0 Å². The quantitative estimate of drug-likeness (QED) is 0.420. The number of nitrogens with zero attached hydrogens (tertiary/aromatic N) is 5. The first-order valence-electron chi connectivity index (χ1n) is 12.1. The summed E-state index contributed by atoms with van der Waals surface area (Å²) in [5.41, 5.74) is 1.66. The van der Waals surface area contributed by atoms with E-state index in [2.05, 4.69) is 20.6 Å². The molecule has 0 bridgehead atoms. The average molecular weight is 527 g/mol. The molecule has 0 spiro atoms. The van der Waals surface area contributed by atoms with E-state index in [0.29, 0.717) is 37.6 Å². The Morgan fingerprint density at radius 2 is 1.89 bits per heavy atom. The number of hydrogen-bond acceptors (Lipinski definition) is 6. The average Bonchev–Trinajstić information content (AvgIpc) is 3.51. The van der Waals surface area contributed by atoms with Crippen molar-refractivity contribution in [2.24, 2.45) is 7.05 Å². The summed E-state index contributed by atoms with van der Waals surface area (Å²) in [6.45, 7) is 2.51. The van der Waals surface area contributed by atoms with Gasteiger partial charge in [0.2, 0.25) is 17.6 Å². The topological polar surface area (TPSA) is 106 Å². The molecule has 1 N–H and O–H groups in total. The minimum absolute atomic E-state index is 0.0114. The van der Waals surface area contributed by atoms with Crippen molar-refractivity contribution in [2.45, 2.75) is 31.9 Å². The van der Waals surface area contributed by atoms with Crippen molar-refractivity contribution in [2.75, 3.05) is 19.6 Å². The van der Waals surface area contributed by atoms with Gasteiger partial charge in [-0.2, -0.15) is 23.3 Å². The predicted molar refractivity (Wildman–Crippen MR) is 131 cm³/mol. The van der Waals surface area contributed by atoms with Crippen molar-refractivity contribution in [1.82, 2.24) is 30.1 Å². The molecule has 198 valence electrons. The lowest BCUT2D eigenvalue weighted by atomic mass is 9.96. The van der Waals surface area contributed by atoms with Gasteiger partial charge in [-0.15, -0.1) is 0 Å². The highest BCUT2D eigenvalue weighted by Gasteiger charge is 2.31. The number of benzene rings is 2. The van der Waals surface area contributed by atoms with Crippen molar-refractivity contribution in [3.63, 3.8) is 0 Å². The van der Waals surface area contributed by atoms with E-state index in [1.165, 1.54) is 6.07 Å². The number of carbonyl (C=O) groups excluding carboxylic acids is 2. The second kappa shape index (κ2) is 9.92. The SMILES string of the molecule is Cc1nn(C)c2cc(-c3noc(C4CCN(C(=O)CNC(=O)c5cccc(C(F)(F)F)c5)CC4)n3)ccc12. The lowest BCUT2D eigenvalue weighted by Crippen LogP contribution is -2.43. The van der Waals surface area contributed by atoms with Crippen molar-refractivity contribution in [3.05, 3.63) is 65.2 Å². The predicted octanol–water partition coefficient (Wildman–Crippen LogP) is 4.09. The van der Waals surface area contributed by atoms with Crippen LogP contribution in [0.4, 0.5) is 13.2 Å². The maximum absolute atomic E-state index is 12.9. The van der Waals surface area contributed by atoms with Gasteiger partial charge in [-0.1, -0.05) is 23.4 Å². The summed E-state index contributed by atoms with van der Waals surface area (Å²) in [7, 11) is 1.88. The van der Waals surface area contributed by atoms with Crippen LogP contribution in [0.2, 0.25) is 0 Å². The van der Waals surface area contributed by atoms with Crippen LogP contribution in [0.15, 0.2) is 47.0 Å². The summed E-state index contributed by atoms with van der Waals surface area (Å²) in [6.07, 6.45) is -3.34. The van der Waals surface area contributed by atoms with E-state index in [-0.39, 0.29) is 23.9 Å². The number of likely N-dealkylation sites (tertiary alicyclic amines) is 1. The molecule has 1 fully saturated rings. The minimum Gasteiger partial charge on any atom is -0.343 e. The van der Waals surface area contributed by atoms with Crippen LogP contribution < -0.4 is 5.32 Å². The summed E-state index contributed by atoms with van der Waals surface area (Å²) >= 11 is 0. The van der Waals surface area contributed by atoms with Gasteiger partial charge in [0.1, 0.15) is 0 Å². The molecule has 5 rings (SSSR count). The van der Waals surface area contributed by atoms with E-state index in [9.17, 15) is 22.8 Å². The van der Waals surface area contributed by atoms with Gasteiger partial charge in [0, 0.05) is 42.6 Å². The minimum atomic E-state index is -4.55. The van der Waals surface area contributed by atoms with Gasteiger partial charge >= 0.3 is 6.18 Å². The van der Waals surface area contributed by atoms with Crippen LogP contribution in [-0.2, 0) is 18.0 Å². The normalized spacial score (nSPS) is 14.7. The maximum atomic E-state index is 12.9. The Kier molecular flexibility index (Phi) is 6.64. The number of amides is 2. The van der Waals surface area contributed by atoms with Crippen molar-refractivity contribution in [1.29, 1.82) is 0 Å². The number of rotatable bonds is 5. The molecule has 0 aliphatic carbocycles. The largest absolute Gasteiger partial charge is 0.416 e. The molecule has 4 aromatic rings. The number of fused-ring (bicyclic) bond motifs is 1. The Bertz CT molecular complexity index is 1500. The van der Waals surface area contributed by atoms with E-state index in [1.807, 2.05) is 36.9 Å². The molecule has 0 atom stereocenters. The summed E-state index contributed by atoms with van der Waals surface area (Å²) in [5, 5.41) is 12.0. The monoisotopic (exact) mass is 526 g/mol. The molecule has 9 nitrogen and oxygen atoms in total. The number of nitrogens with one attached hydrogen (secondary N) is 1. The number of halogens is 3. The van der Waals surface area contributed by atoms with Gasteiger partial charge < -0.3 is 14.7 Å². The Balaban J connectivity index is 1.15. The third-order valence-electron chi connectivity index (χ3n) is 6.79. The lowest BCUT2D eigenvalue weighted by Gasteiger charge is -2.30. The Hall–Kier alpha value is -4.22. The van der Waals surface area contributed by atoms with Gasteiger partial charge in [-0.05, 0) is 44.0 Å². The highest BCUT2D eigenvalue weighted by atomic mass is 19.4. The molecule has 12 heteroatoms. The molecule has 3 heterocycles. The Morgan fingerprint density at radius 1 is 1.13 bits per heavy atom. The van der Waals surface area contributed by atoms with E-state index in [4.69, 9.17) is 4.52 Å². The molecule has 0 saturated carbocycles. The molecule has 2 aromatic heterocycles. The first-order chi connectivity index (χ1) is 18.1. The number of alkyl halides is 3. The Morgan fingerprint density at radius 3 is 2.63 bits per heavy atom. The zero-order chi connectivity index (χ0) is 27.0. The van der Waals surface area contributed by atoms with Crippen molar-refractivity contribution >= 4 is 22.7 Å². The van der Waals surface area contributed by atoms with Crippen LogP contribution in [0, 0.1) is 6.92 Å². The highest BCUT2D eigenvalue weighted by molar-refractivity contribution is 5.96. The summed E-state index contributed by atoms with van der Waals surface area (Å²) in [6, 6.07) is 9.97. The standard InChI is InChI=1S/C26H25F3N6O3/c1-15-20-7-6-17(13-21(20)34(2)32-15)23-31-25(38-33-23)16-8-10-35(11-9-16)22(36)14-30-24(37)18-4-3-5-19(12-18)26(27,28)29/h3-7,12-13,16H,8-11,14H2,1-2H3,(H,30,37). The summed E-state index contributed by atoms with van der Waals surface area (Å²) in [5.74, 6) is -0.0718. The molecular weight excluding hydrogens is 501 g/mol. The van der Waals surface area contributed by atoms with E-state index in [0.717, 1.165) is 40.4 Å². The second-order valence-corrected chi connectivity index (χ2v) is 9.31. The zero-order valence-electron chi connectivity index (χ0n) is 20.7. The maximum Gasteiger partial charge on any atom is 0.416 e. The fraction of sp³-hybridized carbons (Fsp3) is 0.346. The molecule has 2 aromatic carbocycles. The van der Waals surface area contributed by atoms with Gasteiger partial charge in [-0.3, -0.25) is 14.3 Å². The number of hydrogen-bond donors (Lipinski definition) is 1. The summed E-state index contributed by atoms with van der Waals surface area (Å²) in [4.78, 5) is 31.1. The number of aromatic nitrogens is 4. The Labute approximate surface area is 215 Å². The first kappa shape index (κ1) is 25.4. The van der Waals surface area contributed by atoms with E-state index < -0.39 is 17.6 Å². The van der Waals surface area contributed by atoms with Crippen LogP contribution >= 0.6 is 0 Å². The molecule has 2 amide bonds. The number of aryl methyl sites for hydroxylation is 2. The smallest absolute Gasteiger partial charge is 0.343 e. The van der Waals surface area contributed by atoms with Gasteiger partial charge in [0.05, 0.1) is 23.3 Å². The van der Waals surface area contributed by atoms with Gasteiger partial charge in [0.15, 0.2) is 0 Å². The lowest BCUT2D eigenvalue weighted by molar-refractivity contribution is -0.137. The van der Waals surface area contributed by atoms with Crippen LogP contribution in [-0.4, -0.2) is 56.3 Å². The van der Waals surface area contributed by atoms with E-state index >= 15 is 0 Å². The van der Waals surface area contributed by atoms with Gasteiger partial charge in [0.25, 0.3) is 5.91 Å². The molecule has 0 unspecified atom stereocenters. The molecule has 38 heavy (non-hydrogen) atoms. The van der Waals surface area contributed by atoms with Crippen molar-refractivity contribution in [3.8, 4) is 11.4 Å². The van der Waals surface area contributed by atoms with Crippen LogP contribution in [0.1, 0.15) is 46.3 Å². The van der Waals surface area contributed by atoms with Gasteiger partial charge in [-0.25, -0.2) is 0 Å². The molecule has 1 aliphatic heterocycles. The highest BCUT2D eigenvalue weighted by Crippen LogP contribution is 2.31. The van der Waals surface area contributed by atoms with Crippen molar-refractivity contribution < 1.29 is 27.3 Å².